The number of fused-ring (bicyclic) bond motifs is 1. The van der Waals surface area contributed by atoms with Gasteiger partial charge >= 0.3 is 0 Å². The molecule has 2 N–H and O–H groups in total. The highest BCUT2D eigenvalue weighted by Crippen LogP contribution is 2.30. The van der Waals surface area contributed by atoms with Gasteiger partial charge in [0.05, 0.1) is 6.54 Å². The number of rotatable bonds is 2. The van der Waals surface area contributed by atoms with E-state index in [1.165, 1.54) is 0 Å². The van der Waals surface area contributed by atoms with Gasteiger partial charge in [-0.05, 0) is 18.6 Å². The molecule has 2 aliphatic heterocycles. The summed E-state index contributed by atoms with van der Waals surface area (Å²) >= 11 is 0. The Balaban J connectivity index is 1.55. The molecule has 1 atom stereocenters. The smallest absolute Gasteiger partial charge is 0.191 e. The summed E-state index contributed by atoms with van der Waals surface area (Å²) in [6.45, 7) is 3.13. The van der Waals surface area contributed by atoms with Gasteiger partial charge in [0.25, 0.3) is 0 Å². The molecule has 3 rings (SSSR count). The molecule has 2 aliphatic rings. The Morgan fingerprint density at radius 3 is 3.06 bits per heavy atom. The summed E-state index contributed by atoms with van der Waals surface area (Å²) < 4.78 is 11.5. The van der Waals surface area contributed by atoms with Crippen LogP contribution in [0.1, 0.15) is 6.42 Å². The number of benzene rings is 1. The Hall–Kier alpha value is -1.91. The number of aliphatic imine (C=N–C) groups is 1. The standard InChI is InChI=1S/C13H17N3O2/c1-2-5-12-11(4-1)17-9-10(18-12)8-16-13-14-6-3-7-15-13/h1-2,4-5,10H,3,6-9H2,(H2,14,15,16). The number of hydrogen-bond donors (Lipinski definition) is 2. The van der Waals surface area contributed by atoms with Crippen molar-refractivity contribution in [3.05, 3.63) is 24.3 Å². The van der Waals surface area contributed by atoms with Crippen LogP contribution in [-0.4, -0.2) is 38.3 Å². The zero-order chi connectivity index (χ0) is 12.2. The topological polar surface area (TPSA) is 54.9 Å². The maximum absolute atomic E-state index is 5.85. The predicted octanol–water partition coefficient (Wildman–Crippen LogP) is 0.765. The molecule has 0 saturated heterocycles. The third-order valence-electron chi connectivity index (χ3n) is 2.96. The first kappa shape index (κ1) is 11.2. The molecule has 0 radical (unpaired) electrons. The van der Waals surface area contributed by atoms with Gasteiger partial charge in [-0.2, -0.15) is 0 Å². The van der Waals surface area contributed by atoms with Gasteiger partial charge in [-0.25, -0.2) is 0 Å². The van der Waals surface area contributed by atoms with Crippen LogP contribution >= 0.6 is 0 Å². The van der Waals surface area contributed by atoms with E-state index in [-0.39, 0.29) is 6.10 Å². The molecule has 0 fully saturated rings. The van der Waals surface area contributed by atoms with Crippen LogP contribution in [0.4, 0.5) is 0 Å². The number of hydrogen-bond acceptors (Lipinski definition) is 5. The van der Waals surface area contributed by atoms with E-state index in [2.05, 4.69) is 15.6 Å². The molecule has 1 unspecified atom stereocenters. The van der Waals surface area contributed by atoms with Crippen molar-refractivity contribution in [2.45, 2.75) is 12.5 Å². The molecule has 0 amide bonds. The average Bonchev–Trinajstić information content (AvgIpc) is 2.46. The third kappa shape index (κ3) is 2.50. The molecule has 0 aliphatic carbocycles. The summed E-state index contributed by atoms with van der Waals surface area (Å²) in [6.07, 6.45) is 1.12. The minimum atomic E-state index is 0.0197. The van der Waals surface area contributed by atoms with Crippen LogP contribution in [0, 0.1) is 0 Å². The summed E-state index contributed by atoms with van der Waals surface area (Å²) in [4.78, 5) is 4.36. The van der Waals surface area contributed by atoms with Gasteiger partial charge in [-0.1, -0.05) is 12.1 Å². The molecular weight excluding hydrogens is 230 g/mol. The molecule has 0 bridgehead atoms. The molecule has 0 spiro atoms. The van der Waals surface area contributed by atoms with Crippen molar-refractivity contribution < 1.29 is 9.47 Å². The average molecular weight is 247 g/mol. The monoisotopic (exact) mass is 247 g/mol. The van der Waals surface area contributed by atoms with E-state index in [1.54, 1.807) is 0 Å². The molecule has 2 heterocycles. The Morgan fingerprint density at radius 1 is 1.33 bits per heavy atom. The van der Waals surface area contributed by atoms with Crippen molar-refractivity contribution in [3.63, 3.8) is 0 Å². The van der Waals surface area contributed by atoms with Crippen molar-refractivity contribution in [2.75, 3.05) is 26.2 Å². The normalized spacial score (nSPS) is 21.8. The van der Waals surface area contributed by atoms with Gasteiger partial charge in [0.2, 0.25) is 0 Å². The fourth-order valence-corrected chi connectivity index (χ4v) is 2.03. The molecule has 1 aromatic carbocycles. The van der Waals surface area contributed by atoms with Gasteiger partial charge in [-0.15, -0.1) is 0 Å². The van der Waals surface area contributed by atoms with Crippen LogP contribution in [0.3, 0.4) is 0 Å². The summed E-state index contributed by atoms with van der Waals surface area (Å²) in [5.74, 6) is 2.50. The van der Waals surface area contributed by atoms with Crippen molar-refractivity contribution in [1.29, 1.82) is 0 Å². The SMILES string of the molecule is c1ccc2c(c1)OCC(CNC1=NCCCN1)O2. The van der Waals surface area contributed by atoms with Crippen LogP contribution in [0.25, 0.3) is 0 Å². The maximum atomic E-state index is 5.85. The van der Waals surface area contributed by atoms with Gasteiger partial charge in [0.15, 0.2) is 17.5 Å². The number of nitrogens with one attached hydrogen (secondary N) is 2. The lowest BCUT2D eigenvalue weighted by Crippen LogP contribution is -2.46. The predicted molar refractivity (Wildman–Crippen MR) is 69.3 cm³/mol. The second kappa shape index (κ2) is 5.16. The summed E-state index contributed by atoms with van der Waals surface area (Å²) in [6, 6.07) is 7.75. The van der Waals surface area contributed by atoms with E-state index >= 15 is 0 Å². The van der Waals surface area contributed by atoms with Crippen LogP contribution in [0.5, 0.6) is 11.5 Å². The second-order valence-electron chi connectivity index (χ2n) is 4.39. The van der Waals surface area contributed by atoms with Crippen LogP contribution < -0.4 is 20.1 Å². The van der Waals surface area contributed by atoms with E-state index in [0.29, 0.717) is 13.2 Å². The quantitative estimate of drug-likeness (QED) is 0.810. The number of ether oxygens (including phenoxy) is 2. The Bertz CT molecular complexity index is 448. The van der Waals surface area contributed by atoms with Gasteiger partial charge < -0.3 is 20.1 Å². The summed E-state index contributed by atoms with van der Waals surface area (Å²) in [7, 11) is 0. The Morgan fingerprint density at radius 2 is 2.22 bits per heavy atom. The first-order valence-corrected chi connectivity index (χ1v) is 6.32. The van der Waals surface area contributed by atoms with E-state index in [0.717, 1.165) is 37.0 Å². The molecular formula is C13H17N3O2. The number of para-hydroxylation sites is 2. The first-order valence-electron chi connectivity index (χ1n) is 6.32. The fraction of sp³-hybridized carbons (Fsp3) is 0.462. The van der Waals surface area contributed by atoms with Crippen molar-refractivity contribution >= 4 is 5.96 Å². The van der Waals surface area contributed by atoms with Crippen molar-refractivity contribution in [3.8, 4) is 11.5 Å². The maximum Gasteiger partial charge on any atom is 0.191 e. The van der Waals surface area contributed by atoms with Crippen LogP contribution in [0.15, 0.2) is 29.3 Å². The lowest BCUT2D eigenvalue weighted by molar-refractivity contribution is 0.0936. The van der Waals surface area contributed by atoms with Crippen molar-refractivity contribution in [1.82, 2.24) is 10.6 Å². The molecule has 1 aromatic rings. The van der Waals surface area contributed by atoms with Crippen LogP contribution in [0.2, 0.25) is 0 Å². The van der Waals surface area contributed by atoms with Gasteiger partial charge in [-0.3, -0.25) is 4.99 Å². The van der Waals surface area contributed by atoms with E-state index < -0.39 is 0 Å². The summed E-state index contributed by atoms with van der Waals surface area (Å²) in [5, 5.41) is 6.48. The molecule has 5 heteroatoms. The van der Waals surface area contributed by atoms with Gasteiger partial charge in [0, 0.05) is 13.1 Å². The Labute approximate surface area is 106 Å². The zero-order valence-corrected chi connectivity index (χ0v) is 10.2. The minimum absolute atomic E-state index is 0.0197. The highest BCUT2D eigenvalue weighted by molar-refractivity contribution is 5.80. The summed E-state index contributed by atoms with van der Waals surface area (Å²) in [5.41, 5.74) is 0. The molecule has 18 heavy (non-hydrogen) atoms. The van der Waals surface area contributed by atoms with E-state index in [1.807, 2.05) is 24.3 Å². The highest BCUT2D eigenvalue weighted by Gasteiger charge is 2.20. The molecule has 0 saturated carbocycles. The molecule has 5 nitrogen and oxygen atoms in total. The third-order valence-corrected chi connectivity index (χ3v) is 2.96. The lowest BCUT2D eigenvalue weighted by atomic mass is 10.2. The highest BCUT2D eigenvalue weighted by atomic mass is 16.6. The van der Waals surface area contributed by atoms with Crippen LogP contribution in [-0.2, 0) is 0 Å². The second-order valence-corrected chi connectivity index (χ2v) is 4.39. The first-order chi connectivity index (χ1) is 8.92. The molecule has 0 aromatic heterocycles. The lowest BCUT2D eigenvalue weighted by Gasteiger charge is -2.27. The number of guanidine groups is 1. The van der Waals surface area contributed by atoms with Gasteiger partial charge in [0.1, 0.15) is 12.7 Å². The van der Waals surface area contributed by atoms with Crippen molar-refractivity contribution in [2.24, 2.45) is 4.99 Å². The largest absolute Gasteiger partial charge is 0.486 e. The molecule has 96 valence electrons. The zero-order valence-electron chi connectivity index (χ0n) is 10.2. The van der Waals surface area contributed by atoms with E-state index in [4.69, 9.17) is 9.47 Å². The minimum Gasteiger partial charge on any atom is -0.486 e. The number of nitrogens with zero attached hydrogens (tertiary/aromatic N) is 1. The fourth-order valence-electron chi connectivity index (χ4n) is 2.03. The van der Waals surface area contributed by atoms with E-state index in [9.17, 15) is 0 Å². The Kier molecular flexibility index (Phi) is 3.21.